The highest BCUT2D eigenvalue weighted by molar-refractivity contribution is 7.99. The minimum atomic E-state index is 0.0759. The fraction of sp³-hybridized carbons (Fsp3) is 0.588. The standard InChI is InChI=1S/C17H25NOS/c1-13(2)20-12-8-16(19)18-11-7-14-5-9-17(3,4)10-6-15(14)18/h5-6,9-10,13H,7-8,11-12H2,1-4H3. The minimum Gasteiger partial charge on any atom is -0.312 e. The molecular formula is C17H25NOS. The summed E-state index contributed by atoms with van der Waals surface area (Å²) in [6.07, 6.45) is 10.4. The Morgan fingerprint density at radius 2 is 2.05 bits per heavy atom. The fourth-order valence-corrected chi connectivity index (χ4v) is 3.22. The first kappa shape index (κ1) is 15.4. The van der Waals surface area contributed by atoms with Gasteiger partial charge in [0.15, 0.2) is 0 Å². The van der Waals surface area contributed by atoms with Crippen molar-refractivity contribution in [3.8, 4) is 0 Å². The van der Waals surface area contributed by atoms with E-state index in [4.69, 9.17) is 0 Å². The molecule has 0 saturated heterocycles. The third kappa shape index (κ3) is 3.78. The van der Waals surface area contributed by atoms with Crippen LogP contribution in [-0.2, 0) is 4.79 Å². The first-order valence-electron chi connectivity index (χ1n) is 7.43. The molecule has 1 amide bonds. The maximum absolute atomic E-state index is 12.4. The number of carbonyl (C=O) groups is 1. The Morgan fingerprint density at radius 3 is 2.75 bits per heavy atom. The number of allylic oxidation sites excluding steroid dienone is 4. The second-order valence-corrected chi connectivity index (χ2v) is 8.05. The molecule has 1 heterocycles. The van der Waals surface area contributed by atoms with Crippen molar-refractivity contribution >= 4 is 17.7 Å². The summed E-state index contributed by atoms with van der Waals surface area (Å²) in [5, 5.41) is 0.595. The molecule has 2 rings (SSSR count). The number of hydrogen-bond acceptors (Lipinski definition) is 2. The third-order valence-electron chi connectivity index (χ3n) is 3.68. The second kappa shape index (κ2) is 6.21. The SMILES string of the molecule is CC(C)SCCC(=O)N1CCC2=C1C=CC(C)(C)C=C2. The molecule has 2 nitrogen and oxygen atoms in total. The van der Waals surface area contributed by atoms with Gasteiger partial charge in [0.05, 0.1) is 0 Å². The van der Waals surface area contributed by atoms with Crippen LogP contribution in [0.15, 0.2) is 35.6 Å². The van der Waals surface area contributed by atoms with Crippen molar-refractivity contribution < 1.29 is 4.79 Å². The Kier molecular flexibility index (Phi) is 4.79. The lowest BCUT2D eigenvalue weighted by Gasteiger charge is -2.19. The fourth-order valence-electron chi connectivity index (χ4n) is 2.46. The van der Waals surface area contributed by atoms with Gasteiger partial charge in [0.2, 0.25) is 5.91 Å². The number of carbonyl (C=O) groups excluding carboxylic acids is 1. The maximum Gasteiger partial charge on any atom is 0.227 e. The Balaban J connectivity index is 2.03. The van der Waals surface area contributed by atoms with E-state index >= 15 is 0 Å². The molecule has 2 aliphatic rings. The lowest BCUT2D eigenvalue weighted by Crippen LogP contribution is -2.27. The van der Waals surface area contributed by atoms with Crippen LogP contribution in [0.3, 0.4) is 0 Å². The van der Waals surface area contributed by atoms with Gasteiger partial charge >= 0.3 is 0 Å². The maximum atomic E-state index is 12.4. The smallest absolute Gasteiger partial charge is 0.227 e. The van der Waals surface area contributed by atoms with E-state index in [2.05, 4.69) is 52.0 Å². The third-order valence-corrected chi connectivity index (χ3v) is 4.78. The Bertz CT molecular complexity index is 471. The van der Waals surface area contributed by atoms with E-state index < -0.39 is 0 Å². The van der Waals surface area contributed by atoms with Gasteiger partial charge in [0.25, 0.3) is 0 Å². The monoisotopic (exact) mass is 291 g/mol. The molecule has 3 heteroatoms. The average molecular weight is 291 g/mol. The summed E-state index contributed by atoms with van der Waals surface area (Å²) in [4.78, 5) is 14.3. The van der Waals surface area contributed by atoms with Gasteiger partial charge < -0.3 is 4.90 Å². The number of thioether (sulfide) groups is 1. The van der Waals surface area contributed by atoms with Crippen LogP contribution in [0.2, 0.25) is 0 Å². The molecule has 0 aromatic carbocycles. The van der Waals surface area contributed by atoms with Gasteiger partial charge in [-0.05, 0) is 23.3 Å². The topological polar surface area (TPSA) is 20.3 Å². The van der Waals surface area contributed by atoms with Crippen LogP contribution in [0, 0.1) is 5.41 Å². The van der Waals surface area contributed by atoms with Crippen molar-refractivity contribution in [1.82, 2.24) is 4.90 Å². The van der Waals surface area contributed by atoms with Crippen molar-refractivity contribution in [2.45, 2.75) is 45.8 Å². The van der Waals surface area contributed by atoms with Crippen LogP contribution in [-0.4, -0.2) is 28.4 Å². The quantitative estimate of drug-likeness (QED) is 0.775. The van der Waals surface area contributed by atoms with Crippen molar-refractivity contribution in [2.24, 2.45) is 5.41 Å². The molecule has 110 valence electrons. The summed E-state index contributed by atoms with van der Waals surface area (Å²) in [5.74, 6) is 1.18. The zero-order valence-electron chi connectivity index (χ0n) is 13.0. The van der Waals surface area contributed by atoms with Crippen LogP contribution in [0.5, 0.6) is 0 Å². The van der Waals surface area contributed by atoms with Gasteiger partial charge in [-0.1, -0.05) is 45.9 Å². The van der Waals surface area contributed by atoms with Gasteiger partial charge in [-0.15, -0.1) is 0 Å². The molecule has 0 radical (unpaired) electrons. The molecule has 1 aliphatic heterocycles. The van der Waals surface area contributed by atoms with E-state index in [1.165, 1.54) is 5.57 Å². The number of rotatable bonds is 4. The lowest BCUT2D eigenvalue weighted by atomic mass is 9.93. The predicted molar refractivity (Wildman–Crippen MR) is 87.6 cm³/mol. The largest absolute Gasteiger partial charge is 0.312 e. The molecule has 0 N–H and O–H groups in total. The summed E-state index contributed by atoms with van der Waals surface area (Å²) in [6, 6.07) is 0. The van der Waals surface area contributed by atoms with Gasteiger partial charge in [-0.2, -0.15) is 11.8 Å². The minimum absolute atomic E-state index is 0.0759. The van der Waals surface area contributed by atoms with Gasteiger partial charge in [-0.3, -0.25) is 4.79 Å². The van der Waals surface area contributed by atoms with Crippen LogP contribution in [0.4, 0.5) is 0 Å². The van der Waals surface area contributed by atoms with E-state index in [0.29, 0.717) is 11.7 Å². The summed E-state index contributed by atoms with van der Waals surface area (Å²) in [5.41, 5.74) is 2.50. The molecule has 0 atom stereocenters. The van der Waals surface area contributed by atoms with Gasteiger partial charge in [0, 0.05) is 29.8 Å². The average Bonchev–Trinajstić information content (AvgIpc) is 2.70. The summed E-state index contributed by atoms with van der Waals surface area (Å²) in [6.45, 7) is 9.56. The first-order chi connectivity index (χ1) is 9.39. The van der Waals surface area contributed by atoms with Gasteiger partial charge in [-0.25, -0.2) is 0 Å². The zero-order chi connectivity index (χ0) is 14.8. The van der Waals surface area contributed by atoms with E-state index in [9.17, 15) is 4.79 Å². The predicted octanol–water partition coefficient (Wildman–Crippen LogP) is 4.16. The molecule has 0 unspecified atom stereocenters. The Morgan fingerprint density at radius 1 is 1.35 bits per heavy atom. The van der Waals surface area contributed by atoms with Crippen LogP contribution >= 0.6 is 11.8 Å². The van der Waals surface area contributed by atoms with E-state index in [0.717, 1.165) is 24.4 Å². The van der Waals surface area contributed by atoms with Gasteiger partial charge in [0.1, 0.15) is 0 Å². The van der Waals surface area contributed by atoms with E-state index in [-0.39, 0.29) is 11.3 Å². The highest BCUT2D eigenvalue weighted by atomic mass is 32.2. The first-order valence-corrected chi connectivity index (χ1v) is 8.47. The van der Waals surface area contributed by atoms with Crippen molar-refractivity contribution in [2.75, 3.05) is 12.3 Å². The highest BCUT2D eigenvalue weighted by Crippen LogP contribution is 2.32. The van der Waals surface area contributed by atoms with Crippen molar-refractivity contribution in [3.05, 3.63) is 35.6 Å². The second-order valence-electron chi connectivity index (χ2n) is 6.36. The molecule has 0 saturated carbocycles. The normalized spacial score (nSPS) is 20.6. The number of hydrogen-bond donors (Lipinski definition) is 0. The molecule has 20 heavy (non-hydrogen) atoms. The Labute approximate surface area is 127 Å². The molecule has 0 spiro atoms. The van der Waals surface area contributed by atoms with E-state index in [1.807, 2.05) is 16.7 Å². The van der Waals surface area contributed by atoms with Crippen LogP contribution < -0.4 is 0 Å². The summed E-state index contributed by atoms with van der Waals surface area (Å²) < 4.78 is 0. The molecule has 0 bridgehead atoms. The number of amides is 1. The van der Waals surface area contributed by atoms with Crippen molar-refractivity contribution in [1.29, 1.82) is 0 Å². The zero-order valence-corrected chi connectivity index (χ0v) is 13.8. The summed E-state index contributed by atoms with van der Waals surface area (Å²) >= 11 is 1.86. The van der Waals surface area contributed by atoms with Crippen molar-refractivity contribution in [3.63, 3.8) is 0 Å². The molecular weight excluding hydrogens is 266 g/mol. The molecule has 0 fully saturated rings. The lowest BCUT2D eigenvalue weighted by molar-refractivity contribution is -0.128. The van der Waals surface area contributed by atoms with E-state index in [1.54, 1.807) is 0 Å². The highest BCUT2D eigenvalue weighted by Gasteiger charge is 2.26. The van der Waals surface area contributed by atoms with Crippen LogP contribution in [0.25, 0.3) is 0 Å². The molecule has 1 aliphatic carbocycles. The molecule has 0 aromatic rings. The number of nitrogens with zero attached hydrogens (tertiary/aromatic N) is 1. The summed E-state index contributed by atoms with van der Waals surface area (Å²) in [7, 11) is 0. The molecule has 0 aromatic heterocycles. The van der Waals surface area contributed by atoms with Crippen LogP contribution in [0.1, 0.15) is 40.5 Å². The Hall–Kier alpha value is -0.960.